The summed E-state index contributed by atoms with van der Waals surface area (Å²) >= 11 is 0. The summed E-state index contributed by atoms with van der Waals surface area (Å²) in [4.78, 5) is 40.2. The Labute approximate surface area is 132 Å². The number of H-pyrrole nitrogens is 1. The average Bonchev–Trinajstić information content (AvgIpc) is 2.91. The van der Waals surface area contributed by atoms with Crippen molar-refractivity contribution in [2.75, 3.05) is 20.6 Å². The molecular formula is C15H19N5O3. The van der Waals surface area contributed by atoms with Gasteiger partial charge in [-0.25, -0.2) is 5.10 Å². The summed E-state index contributed by atoms with van der Waals surface area (Å²) in [6, 6.07) is 1.54. The number of carbonyl (C=O) groups excluding carboxylic acids is 2. The Kier molecular flexibility index (Phi) is 3.46. The number of carbonyl (C=O) groups is 2. The zero-order valence-corrected chi connectivity index (χ0v) is 13.6. The second-order valence-electron chi connectivity index (χ2n) is 6.08. The molecule has 23 heavy (non-hydrogen) atoms. The molecule has 2 aromatic heterocycles. The highest BCUT2D eigenvalue weighted by molar-refractivity contribution is 6.07. The van der Waals surface area contributed by atoms with Gasteiger partial charge in [-0.1, -0.05) is 0 Å². The van der Waals surface area contributed by atoms with E-state index in [-0.39, 0.29) is 23.6 Å². The first-order valence-electron chi connectivity index (χ1n) is 7.47. The van der Waals surface area contributed by atoms with Crippen molar-refractivity contribution in [1.29, 1.82) is 0 Å². The van der Waals surface area contributed by atoms with E-state index in [0.29, 0.717) is 29.7 Å². The van der Waals surface area contributed by atoms with Crippen LogP contribution < -0.4 is 5.56 Å². The lowest BCUT2D eigenvalue weighted by Crippen LogP contribution is -2.38. The standard InChI is InChI=1S/C15H19N5O3/c1-8(2)19(4)15(23)11-12-9(13(21)17-16-11)7-10-14(22)18(3)5-6-20(10)12/h7-8H,5-6H2,1-4H3,(H,17,21). The molecule has 2 amide bonds. The SMILES string of the molecule is CC(C)N(C)C(=O)c1n[nH]c(=O)c2cc3n(c12)CCN(C)C3=O. The molecule has 0 unspecified atom stereocenters. The fraction of sp³-hybridized carbons (Fsp3) is 0.467. The lowest BCUT2D eigenvalue weighted by molar-refractivity contribution is 0.0735. The number of amides is 2. The number of fused-ring (bicyclic) bond motifs is 3. The van der Waals surface area contributed by atoms with Crippen molar-refractivity contribution >= 4 is 22.7 Å². The van der Waals surface area contributed by atoms with Gasteiger partial charge in [0.25, 0.3) is 17.4 Å². The molecule has 0 bridgehead atoms. The second kappa shape index (κ2) is 5.22. The Morgan fingerprint density at radius 2 is 2.04 bits per heavy atom. The number of hydrogen-bond acceptors (Lipinski definition) is 4. The van der Waals surface area contributed by atoms with Crippen molar-refractivity contribution in [2.24, 2.45) is 0 Å². The van der Waals surface area contributed by atoms with E-state index in [1.807, 2.05) is 13.8 Å². The Morgan fingerprint density at radius 1 is 1.35 bits per heavy atom. The van der Waals surface area contributed by atoms with Crippen LogP contribution in [0.15, 0.2) is 10.9 Å². The molecule has 0 saturated carbocycles. The van der Waals surface area contributed by atoms with Crippen LogP contribution in [0.3, 0.4) is 0 Å². The fourth-order valence-electron chi connectivity index (χ4n) is 2.70. The van der Waals surface area contributed by atoms with E-state index >= 15 is 0 Å². The van der Waals surface area contributed by atoms with Gasteiger partial charge in [-0.2, -0.15) is 5.10 Å². The third kappa shape index (κ3) is 2.21. The molecule has 2 aromatic rings. The average molecular weight is 317 g/mol. The van der Waals surface area contributed by atoms with Gasteiger partial charge in [-0.15, -0.1) is 0 Å². The number of aromatic nitrogens is 3. The maximum Gasteiger partial charge on any atom is 0.276 e. The molecule has 0 fully saturated rings. The quantitative estimate of drug-likeness (QED) is 0.862. The molecule has 1 aliphatic heterocycles. The molecule has 0 aromatic carbocycles. The highest BCUT2D eigenvalue weighted by Crippen LogP contribution is 2.24. The van der Waals surface area contributed by atoms with Gasteiger partial charge in [0.15, 0.2) is 5.69 Å². The summed E-state index contributed by atoms with van der Waals surface area (Å²) in [6.07, 6.45) is 0. The number of rotatable bonds is 2. The molecule has 8 nitrogen and oxygen atoms in total. The molecule has 0 atom stereocenters. The van der Waals surface area contributed by atoms with E-state index < -0.39 is 5.56 Å². The van der Waals surface area contributed by atoms with Crippen molar-refractivity contribution in [3.8, 4) is 0 Å². The number of hydrogen-bond donors (Lipinski definition) is 1. The number of aromatic amines is 1. The second-order valence-corrected chi connectivity index (χ2v) is 6.08. The minimum absolute atomic E-state index is 0.00479. The van der Waals surface area contributed by atoms with E-state index in [0.717, 1.165) is 0 Å². The smallest absolute Gasteiger partial charge is 0.276 e. The van der Waals surface area contributed by atoms with Crippen LogP contribution in [0.1, 0.15) is 34.8 Å². The predicted molar refractivity (Wildman–Crippen MR) is 84.5 cm³/mol. The third-order valence-electron chi connectivity index (χ3n) is 4.36. The molecule has 1 aliphatic rings. The van der Waals surface area contributed by atoms with Gasteiger partial charge in [0.05, 0.1) is 10.9 Å². The molecule has 1 N–H and O–H groups in total. The van der Waals surface area contributed by atoms with Crippen molar-refractivity contribution in [1.82, 2.24) is 24.6 Å². The summed E-state index contributed by atoms with van der Waals surface area (Å²) in [6.45, 7) is 4.84. The van der Waals surface area contributed by atoms with Crippen molar-refractivity contribution in [3.63, 3.8) is 0 Å². The van der Waals surface area contributed by atoms with Gasteiger partial charge in [-0.05, 0) is 19.9 Å². The summed E-state index contributed by atoms with van der Waals surface area (Å²) in [5.74, 6) is -0.448. The Hall–Kier alpha value is -2.64. The molecule has 3 heterocycles. The number of likely N-dealkylation sites (N-methyl/N-ethyl adjacent to an activating group) is 1. The highest BCUT2D eigenvalue weighted by Gasteiger charge is 2.29. The van der Waals surface area contributed by atoms with Gasteiger partial charge in [0.1, 0.15) is 5.69 Å². The fourth-order valence-corrected chi connectivity index (χ4v) is 2.70. The largest absolute Gasteiger partial charge is 0.339 e. The first kappa shape index (κ1) is 15.3. The topological polar surface area (TPSA) is 91.3 Å². The third-order valence-corrected chi connectivity index (χ3v) is 4.36. The van der Waals surface area contributed by atoms with Crippen molar-refractivity contribution in [2.45, 2.75) is 26.4 Å². The molecule has 122 valence electrons. The van der Waals surface area contributed by atoms with E-state index in [9.17, 15) is 14.4 Å². The maximum atomic E-state index is 12.7. The minimum atomic E-state index is -0.402. The zero-order chi connectivity index (χ0) is 16.9. The van der Waals surface area contributed by atoms with Crippen LogP contribution in [0.2, 0.25) is 0 Å². The van der Waals surface area contributed by atoms with Crippen LogP contribution in [-0.2, 0) is 6.54 Å². The molecule has 0 radical (unpaired) electrons. The van der Waals surface area contributed by atoms with Gasteiger partial charge < -0.3 is 14.4 Å². The van der Waals surface area contributed by atoms with Gasteiger partial charge >= 0.3 is 0 Å². The molecule has 8 heteroatoms. The Bertz CT molecular complexity index is 864. The summed E-state index contributed by atoms with van der Waals surface area (Å²) in [5, 5.41) is 6.64. The van der Waals surface area contributed by atoms with Crippen molar-refractivity contribution in [3.05, 3.63) is 27.8 Å². The van der Waals surface area contributed by atoms with Crippen LogP contribution in [0.4, 0.5) is 0 Å². The van der Waals surface area contributed by atoms with E-state index in [1.54, 1.807) is 34.5 Å². The number of nitrogens with zero attached hydrogens (tertiary/aromatic N) is 4. The monoisotopic (exact) mass is 317 g/mol. The Morgan fingerprint density at radius 3 is 2.70 bits per heavy atom. The molecule has 0 aliphatic carbocycles. The maximum absolute atomic E-state index is 12.7. The molecular weight excluding hydrogens is 298 g/mol. The first-order chi connectivity index (χ1) is 10.8. The molecule has 0 spiro atoms. The molecule has 3 rings (SSSR count). The zero-order valence-electron chi connectivity index (χ0n) is 13.6. The van der Waals surface area contributed by atoms with E-state index in [2.05, 4.69) is 10.2 Å². The van der Waals surface area contributed by atoms with Gasteiger partial charge in [0.2, 0.25) is 0 Å². The van der Waals surface area contributed by atoms with Crippen LogP contribution in [0.25, 0.3) is 10.9 Å². The van der Waals surface area contributed by atoms with Gasteiger partial charge in [-0.3, -0.25) is 14.4 Å². The normalized spacial score (nSPS) is 14.5. The first-order valence-corrected chi connectivity index (χ1v) is 7.47. The van der Waals surface area contributed by atoms with E-state index in [1.165, 1.54) is 0 Å². The van der Waals surface area contributed by atoms with Crippen LogP contribution in [-0.4, -0.2) is 63.1 Å². The van der Waals surface area contributed by atoms with Gasteiger partial charge in [0, 0.05) is 33.2 Å². The Balaban J connectivity index is 2.28. The van der Waals surface area contributed by atoms with Crippen molar-refractivity contribution < 1.29 is 9.59 Å². The highest BCUT2D eigenvalue weighted by atomic mass is 16.2. The van der Waals surface area contributed by atoms with Crippen LogP contribution in [0, 0.1) is 0 Å². The van der Waals surface area contributed by atoms with Crippen LogP contribution in [0.5, 0.6) is 0 Å². The van der Waals surface area contributed by atoms with Crippen LogP contribution >= 0.6 is 0 Å². The number of nitrogens with one attached hydrogen (secondary N) is 1. The summed E-state index contributed by atoms with van der Waals surface area (Å²) in [5.41, 5.74) is 0.608. The van der Waals surface area contributed by atoms with E-state index in [4.69, 9.17) is 0 Å². The molecule has 0 saturated heterocycles. The summed E-state index contributed by atoms with van der Waals surface area (Å²) < 4.78 is 1.72. The predicted octanol–water partition coefficient (Wildman–Crippen LogP) is 0.291. The lowest BCUT2D eigenvalue weighted by Gasteiger charge is -2.25. The summed E-state index contributed by atoms with van der Waals surface area (Å²) in [7, 11) is 3.40. The lowest BCUT2D eigenvalue weighted by atomic mass is 10.2. The minimum Gasteiger partial charge on any atom is -0.339 e.